The van der Waals surface area contributed by atoms with Crippen LogP contribution in [-0.4, -0.2) is 73.0 Å². The summed E-state index contributed by atoms with van der Waals surface area (Å²) in [5.41, 5.74) is 1.04. The van der Waals surface area contributed by atoms with Gasteiger partial charge in [-0.25, -0.2) is 4.39 Å². The number of rotatable bonds is 7. The number of halogens is 1. The number of likely N-dealkylation sites (tertiary alicyclic amines) is 1. The molecule has 1 amide bonds. The maximum atomic E-state index is 12.9. The molecule has 0 unspecified atom stereocenters. The lowest BCUT2D eigenvalue weighted by molar-refractivity contribution is -0.133. The van der Waals surface area contributed by atoms with Crippen molar-refractivity contribution in [3.63, 3.8) is 0 Å². The number of nitrogens with zero attached hydrogens (tertiary/aromatic N) is 3. The number of likely N-dealkylation sites (N-methyl/N-ethyl adjacent to an activating group) is 1. The minimum absolute atomic E-state index is 0.194. The van der Waals surface area contributed by atoms with Crippen LogP contribution in [0.1, 0.15) is 38.2 Å². The number of amides is 1. The number of hydrogen-bond acceptors (Lipinski definition) is 3. The van der Waals surface area contributed by atoms with Crippen molar-refractivity contribution in [2.75, 3.05) is 52.4 Å². The molecule has 0 radical (unpaired) electrons. The quantitative estimate of drug-likeness (QED) is 0.717. The maximum Gasteiger partial charge on any atom is 0.222 e. The van der Waals surface area contributed by atoms with E-state index in [4.69, 9.17) is 0 Å². The van der Waals surface area contributed by atoms with E-state index in [1.165, 1.54) is 25.0 Å². The highest BCUT2D eigenvalue weighted by Gasteiger charge is 2.23. The van der Waals surface area contributed by atoms with E-state index in [1.807, 2.05) is 0 Å². The van der Waals surface area contributed by atoms with Gasteiger partial charge < -0.3 is 9.80 Å². The van der Waals surface area contributed by atoms with Crippen LogP contribution in [0.5, 0.6) is 0 Å². The number of carbonyl (C=O) groups excluding carboxylic acids is 1. The summed E-state index contributed by atoms with van der Waals surface area (Å²) in [6.45, 7) is 10.2. The molecule has 2 saturated heterocycles. The molecule has 154 valence electrons. The van der Waals surface area contributed by atoms with Crippen molar-refractivity contribution in [1.29, 1.82) is 0 Å². The van der Waals surface area contributed by atoms with Gasteiger partial charge in [0.25, 0.3) is 0 Å². The molecular weight excluding hydrogens is 353 g/mol. The van der Waals surface area contributed by atoms with Crippen LogP contribution in [0.25, 0.3) is 6.08 Å². The fourth-order valence-corrected chi connectivity index (χ4v) is 4.17. The van der Waals surface area contributed by atoms with Crippen molar-refractivity contribution in [2.24, 2.45) is 5.92 Å². The standard InChI is InChI=1S/C23H34FN3O/c1-2-25-16-18-27(19-17-25)23(28)10-7-21-11-14-26(15-12-21)13-3-4-20-5-8-22(24)9-6-20/h3-6,8-9,21H,2,7,10-19H2,1H3. The molecule has 3 rings (SSSR count). The first-order valence-electron chi connectivity index (χ1n) is 10.8. The Labute approximate surface area is 169 Å². The monoisotopic (exact) mass is 387 g/mol. The summed E-state index contributed by atoms with van der Waals surface area (Å²) in [7, 11) is 0. The molecule has 0 atom stereocenters. The largest absolute Gasteiger partial charge is 0.340 e. The zero-order chi connectivity index (χ0) is 19.8. The third-order valence-electron chi connectivity index (χ3n) is 6.19. The molecule has 4 nitrogen and oxygen atoms in total. The number of benzene rings is 1. The molecule has 2 aliphatic heterocycles. The van der Waals surface area contributed by atoms with Crippen molar-refractivity contribution in [1.82, 2.24) is 14.7 Å². The summed E-state index contributed by atoms with van der Waals surface area (Å²) in [4.78, 5) is 19.4. The topological polar surface area (TPSA) is 26.8 Å². The Morgan fingerprint density at radius 3 is 2.36 bits per heavy atom. The Morgan fingerprint density at radius 2 is 1.71 bits per heavy atom. The summed E-state index contributed by atoms with van der Waals surface area (Å²) in [5.74, 6) is 0.833. The zero-order valence-electron chi connectivity index (χ0n) is 17.2. The first-order chi connectivity index (χ1) is 13.6. The summed E-state index contributed by atoms with van der Waals surface area (Å²) in [5, 5.41) is 0. The van der Waals surface area contributed by atoms with E-state index in [0.29, 0.717) is 18.2 Å². The predicted molar refractivity (Wildman–Crippen MR) is 113 cm³/mol. The Kier molecular flexibility index (Phi) is 8.04. The van der Waals surface area contributed by atoms with Gasteiger partial charge in [0, 0.05) is 39.1 Å². The molecular formula is C23H34FN3O. The first kappa shape index (κ1) is 21.0. The number of piperazine rings is 1. The lowest BCUT2D eigenvalue weighted by Gasteiger charge is -2.35. The molecule has 1 aromatic carbocycles. The van der Waals surface area contributed by atoms with Crippen LogP contribution in [0.4, 0.5) is 4.39 Å². The maximum absolute atomic E-state index is 12.9. The third-order valence-corrected chi connectivity index (χ3v) is 6.19. The highest BCUT2D eigenvalue weighted by atomic mass is 19.1. The highest BCUT2D eigenvalue weighted by molar-refractivity contribution is 5.76. The Hall–Kier alpha value is -1.72. The molecule has 28 heavy (non-hydrogen) atoms. The molecule has 0 saturated carbocycles. The smallest absolute Gasteiger partial charge is 0.222 e. The minimum Gasteiger partial charge on any atom is -0.340 e. The summed E-state index contributed by atoms with van der Waals surface area (Å²) in [6.07, 6.45) is 8.32. The molecule has 0 bridgehead atoms. The summed E-state index contributed by atoms with van der Waals surface area (Å²) < 4.78 is 12.9. The molecule has 2 fully saturated rings. The molecule has 2 aliphatic rings. The Balaban J connectivity index is 1.31. The third kappa shape index (κ3) is 6.42. The normalized spacial score (nSPS) is 20.1. The molecule has 0 N–H and O–H groups in total. The van der Waals surface area contributed by atoms with E-state index in [1.54, 1.807) is 12.1 Å². The van der Waals surface area contributed by atoms with Gasteiger partial charge in [-0.3, -0.25) is 9.69 Å². The molecule has 2 heterocycles. The average molecular weight is 388 g/mol. The molecule has 0 spiro atoms. The van der Waals surface area contributed by atoms with Crippen molar-refractivity contribution in [3.8, 4) is 0 Å². The fraction of sp³-hybridized carbons (Fsp3) is 0.609. The fourth-order valence-electron chi connectivity index (χ4n) is 4.17. The van der Waals surface area contributed by atoms with Gasteiger partial charge in [0.2, 0.25) is 5.91 Å². The van der Waals surface area contributed by atoms with E-state index in [2.05, 4.69) is 33.8 Å². The van der Waals surface area contributed by atoms with Gasteiger partial charge in [0.05, 0.1) is 0 Å². The lowest BCUT2D eigenvalue weighted by atomic mass is 9.92. The molecule has 0 aliphatic carbocycles. The number of hydrogen-bond donors (Lipinski definition) is 0. The zero-order valence-corrected chi connectivity index (χ0v) is 17.2. The van der Waals surface area contributed by atoms with Crippen molar-refractivity contribution in [2.45, 2.75) is 32.6 Å². The second-order valence-corrected chi connectivity index (χ2v) is 8.05. The van der Waals surface area contributed by atoms with E-state index in [0.717, 1.165) is 64.3 Å². The molecule has 5 heteroatoms. The molecule has 1 aromatic rings. The van der Waals surface area contributed by atoms with Crippen LogP contribution in [0.3, 0.4) is 0 Å². The Morgan fingerprint density at radius 1 is 1.04 bits per heavy atom. The average Bonchev–Trinajstić information content (AvgIpc) is 2.74. The van der Waals surface area contributed by atoms with Crippen LogP contribution >= 0.6 is 0 Å². The number of piperidine rings is 1. The van der Waals surface area contributed by atoms with Gasteiger partial charge in [-0.1, -0.05) is 31.2 Å². The van der Waals surface area contributed by atoms with Crippen LogP contribution in [-0.2, 0) is 4.79 Å². The van der Waals surface area contributed by atoms with Crippen molar-refractivity contribution >= 4 is 12.0 Å². The van der Waals surface area contributed by atoms with Crippen molar-refractivity contribution < 1.29 is 9.18 Å². The van der Waals surface area contributed by atoms with Crippen molar-refractivity contribution in [3.05, 3.63) is 41.7 Å². The van der Waals surface area contributed by atoms with Crippen LogP contribution in [0.15, 0.2) is 30.3 Å². The number of carbonyl (C=O) groups is 1. The van der Waals surface area contributed by atoms with E-state index in [9.17, 15) is 9.18 Å². The summed E-state index contributed by atoms with van der Waals surface area (Å²) in [6, 6.07) is 6.60. The SMILES string of the molecule is CCN1CCN(C(=O)CCC2CCN(CC=Cc3ccc(F)cc3)CC2)CC1. The molecule has 0 aromatic heterocycles. The lowest BCUT2D eigenvalue weighted by Crippen LogP contribution is -2.48. The van der Waals surface area contributed by atoms with E-state index in [-0.39, 0.29) is 5.82 Å². The highest BCUT2D eigenvalue weighted by Crippen LogP contribution is 2.22. The minimum atomic E-state index is -0.194. The second kappa shape index (κ2) is 10.7. The van der Waals surface area contributed by atoms with Gasteiger partial charge in [0.15, 0.2) is 0 Å². The van der Waals surface area contributed by atoms with E-state index >= 15 is 0 Å². The van der Waals surface area contributed by atoms with Crippen LogP contribution in [0, 0.1) is 11.7 Å². The summed E-state index contributed by atoms with van der Waals surface area (Å²) >= 11 is 0. The van der Waals surface area contributed by atoms with Gasteiger partial charge in [-0.05, 0) is 62.5 Å². The second-order valence-electron chi connectivity index (χ2n) is 8.05. The van der Waals surface area contributed by atoms with E-state index < -0.39 is 0 Å². The van der Waals surface area contributed by atoms with Gasteiger partial charge in [-0.2, -0.15) is 0 Å². The van der Waals surface area contributed by atoms with Crippen LogP contribution in [0.2, 0.25) is 0 Å². The van der Waals surface area contributed by atoms with Gasteiger partial charge in [0.1, 0.15) is 5.82 Å². The Bertz CT molecular complexity index is 630. The van der Waals surface area contributed by atoms with Crippen LogP contribution < -0.4 is 0 Å². The van der Waals surface area contributed by atoms with Gasteiger partial charge >= 0.3 is 0 Å². The predicted octanol–water partition coefficient (Wildman–Crippen LogP) is 3.50. The van der Waals surface area contributed by atoms with Gasteiger partial charge in [-0.15, -0.1) is 0 Å². The first-order valence-corrected chi connectivity index (χ1v) is 10.8.